The van der Waals surface area contributed by atoms with Crippen LogP contribution in [-0.4, -0.2) is 32.3 Å². The first-order valence-corrected chi connectivity index (χ1v) is 6.98. The van der Waals surface area contributed by atoms with Gasteiger partial charge >= 0.3 is 0 Å². The van der Waals surface area contributed by atoms with E-state index in [4.69, 9.17) is 5.73 Å². The molecular weight excluding hydrogens is 242 g/mol. The van der Waals surface area contributed by atoms with Crippen LogP contribution in [0.25, 0.3) is 0 Å². The number of aromatic nitrogens is 3. The topological polar surface area (TPSA) is 85.8 Å². The zero-order valence-corrected chi connectivity index (χ0v) is 11.9. The monoisotopic (exact) mass is 265 g/mol. The molecule has 19 heavy (non-hydrogen) atoms. The first-order chi connectivity index (χ1) is 8.98. The fraction of sp³-hybridized carbons (Fsp3) is 0.769. The second kappa shape index (κ2) is 5.28. The average Bonchev–Trinajstić information content (AvgIpc) is 3.07. The Kier molecular flexibility index (Phi) is 3.89. The molecule has 0 radical (unpaired) electrons. The molecule has 0 aliphatic heterocycles. The number of amides is 1. The highest BCUT2D eigenvalue weighted by molar-refractivity contribution is 5.84. The van der Waals surface area contributed by atoms with Crippen molar-refractivity contribution in [2.24, 2.45) is 5.73 Å². The molecule has 6 heteroatoms. The standard InChI is InChI=1S/C13H23N5O/c1-4-10-15-11(5-2)18(17-10)8-13(3,12(14)19)16-9-6-7-9/h9,16H,4-8H2,1-3H3,(H2,14,19). The third kappa shape index (κ3) is 3.12. The molecule has 1 saturated carbocycles. The summed E-state index contributed by atoms with van der Waals surface area (Å²) in [4.78, 5) is 16.2. The number of carbonyl (C=O) groups is 1. The summed E-state index contributed by atoms with van der Waals surface area (Å²) in [5, 5.41) is 7.78. The van der Waals surface area contributed by atoms with E-state index in [0.29, 0.717) is 12.6 Å². The van der Waals surface area contributed by atoms with Gasteiger partial charge in [0.2, 0.25) is 5.91 Å². The molecule has 0 aromatic carbocycles. The Morgan fingerprint density at radius 3 is 2.63 bits per heavy atom. The summed E-state index contributed by atoms with van der Waals surface area (Å²) in [5.74, 6) is 1.38. The second-order valence-corrected chi connectivity index (χ2v) is 5.42. The van der Waals surface area contributed by atoms with Crippen LogP contribution in [0, 0.1) is 0 Å². The van der Waals surface area contributed by atoms with E-state index in [1.807, 2.05) is 25.5 Å². The number of nitrogens with zero attached hydrogens (tertiary/aromatic N) is 3. The van der Waals surface area contributed by atoms with Crippen LogP contribution in [-0.2, 0) is 24.2 Å². The maximum atomic E-state index is 11.8. The number of nitrogens with two attached hydrogens (primary N) is 1. The van der Waals surface area contributed by atoms with Gasteiger partial charge in [-0.2, -0.15) is 5.10 Å². The lowest BCUT2D eigenvalue weighted by atomic mass is 10.0. The van der Waals surface area contributed by atoms with Gasteiger partial charge in [0.25, 0.3) is 0 Å². The highest BCUT2D eigenvalue weighted by Gasteiger charge is 2.38. The van der Waals surface area contributed by atoms with Crippen molar-refractivity contribution in [1.82, 2.24) is 20.1 Å². The predicted molar refractivity (Wildman–Crippen MR) is 72.5 cm³/mol. The van der Waals surface area contributed by atoms with Gasteiger partial charge < -0.3 is 5.73 Å². The zero-order chi connectivity index (χ0) is 14.0. The fourth-order valence-corrected chi connectivity index (χ4v) is 2.14. The third-order valence-corrected chi connectivity index (χ3v) is 3.53. The van der Waals surface area contributed by atoms with Gasteiger partial charge in [-0.05, 0) is 19.8 Å². The number of primary amides is 1. The van der Waals surface area contributed by atoms with Crippen molar-refractivity contribution in [2.75, 3.05) is 0 Å². The molecule has 1 aliphatic rings. The van der Waals surface area contributed by atoms with Crippen molar-refractivity contribution in [3.8, 4) is 0 Å². The van der Waals surface area contributed by atoms with E-state index in [2.05, 4.69) is 15.4 Å². The number of nitrogens with one attached hydrogen (secondary N) is 1. The van der Waals surface area contributed by atoms with Gasteiger partial charge in [0.15, 0.2) is 5.82 Å². The summed E-state index contributed by atoms with van der Waals surface area (Å²) >= 11 is 0. The van der Waals surface area contributed by atoms with Crippen molar-refractivity contribution in [3.63, 3.8) is 0 Å². The largest absolute Gasteiger partial charge is 0.368 e. The number of carbonyl (C=O) groups excluding carboxylic acids is 1. The van der Waals surface area contributed by atoms with E-state index >= 15 is 0 Å². The molecule has 0 bridgehead atoms. The van der Waals surface area contributed by atoms with Gasteiger partial charge in [-0.25, -0.2) is 9.67 Å². The maximum absolute atomic E-state index is 11.8. The van der Waals surface area contributed by atoms with Crippen LogP contribution in [0.5, 0.6) is 0 Å². The van der Waals surface area contributed by atoms with Gasteiger partial charge in [0.1, 0.15) is 11.4 Å². The van der Waals surface area contributed by atoms with Gasteiger partial charge in [-0.15, -0.1) is 0 Å². The first kappa shape index (κ1) is 14.0. The summed E-state index contributed by atoms with van der Waals surface area (Å²) in [6, 6.07) is 0.414. The van der Waals surface area contributed by atoms with Crippen LogP contribution in [0.15, 0.2) is 0 Å². The summed E-state index contributed by atoms with van der Waals surface area (Å²) < 4.78 is 1.82. The van der Waals surface area contributed by atoms with Crippen LogP contribution in [0.3, 0.4) is 0 Å². The molecule has 3 N–H and O–H groups in total. The van der Waals surface area contributed by atoms with Crippen molar-refractivity contribution in [2.45, 2.75) is 64.6 Å². The number of hydrogen-bond donors (Lipinski definition) is 2. The van der Waals surface area contributed by atoms with Crippen molar-refractivity contribution >= 4 is 5.91 Å². The highest BCUT2D eigenvalue weighted by Crippen LogP contribution is 2.23. The Bertz CT molecular complexity index is 466. The van der Waals surface area contributed by atoms with E-state index in [0.717, 1.165) is 37.3 Å². The van der Waals surface area contributed by atoms with E-state index in [-0.39, 0.29) is 5.91 Å². The Balaban J connectivity index is 2.20. The Hall–Kier alpha value is -1.43. The van der Waals surface area contributed by atoms with E-state index in [1.54, 1.807) is 0 Å². The number of rotatable bonds is 7. The van der Waals surface area contributed by atoms with Crippen LogP contribution >= 0.6 is 0 Å². The lowest BCUT2D eigenvalue weighted by molar-refractivity contribution is -0.124. The fourth-order valence-electron chi connectivity index (χ4n) is 2.14. The number of hydrogen-bond acceptors (Lipinski definition) is 4. The Morgan fingerprint density at radius 1 is 1.47 bits per heavy atom. The zero-order valence-electron chi connectivity index (χ0n) is 11.9. The van der Waals surface area contributed by atoms with Gasteiger partial charge in [-0.3, -0.25) is 10.1 Å². The van der Waals surface area contributed by atoms with Gasteiger partial charge in [-0.1, -0.05) is 13.8 Å². The molecule has 1 fully saturated rings. The van der Waals surface area contributed by atoms with Crippen molar-refractivity contribution < 1.29 is 4.79 Å². The summed E-state index contributed by atoms with van der Waals surface area (Å²) in [6.45, 7) is 6.35. The van der Waals surface area contributed by atoms with E-state index in [1.165, 1.54) is 0 Å². The average molecular weight is 265 g/mol. The highest BCUT2D eigenvalue weighted by atomic mass is 16.1. The molecule has 0 saturated heterocycles. The summed E-state index contributed by atoms with van der Waals surface area (Å²) in [5.41, 5.74) is 4.80. The summed E-state index contributed by atoms with van der Waals surface area (Å²) in [7, 11) is 0. The van der Waals surface area contributed by atoms with Crippen molar-refractivity contribution in [3.05, 3.63) is 11.6 Å². The predicted octanol–water partition coefficient (Wildman–Crippen LogP) is 0.399. The molecule has 1 heterocycles. The minimum Gasteiger partial charge on any atom is -0.368 e. The summed E-state index contributed by atoms with van der Waals surface area (Å²) in [6.07, 6.45) is 3.82. The third-order valence-electron chi connectivity index (χ3n) is 3.53. The molecule has 1 atom stereocenters. The van der Waals surface area contributed by atoms with Crippen molar-refractivity contribution in [1.29, 1.82) is 0 Å². The Morgan fingerprint density at radius 2 is 2.16 bits per heavy atom. The van der Waals surface area contributed by atoms with Crippen LogP contribution in [0.4, 0.5) is 0 Å². The molecular formula is C13H23N5O. The molecule has 1 amide bonds. The quantitative estimate of drug-likeness (QED) is 0.747. The molecule has 2 rings (SSSR count). The lowest BCUT2D eigenvalue weighted by Gasteiger charge is -2.27. The minimum atomic E-state index is -0.760. The van der Waals surface area contributed by atoms with Crippen LogP contribution in [0.2, 0.25) is 0 Å². The SMILES string of the molecule is CCc1nc(CC)n(CC(C)(NC2CC2)C(N)=O)n1. The first-order valence-electron chi connectivity index (χ1n) is 6.98. The minimum absolute atomic E-state index is 0.338. The molecule has 1 aliphatic carbocycles. The van der Waals surface area contributed by atoms with E-state index in [9.17, 15) is 4.79 Å². The van der Waals surface area contributed by atoms with E-state index < -0.39 is 5.54 Å². The molecule has 1 aromatic heterocycles. The van der Waals surface area contributed by atoms with Gasteiger partial charge in [0.05, 0.1) is 6.54 Å². The van der Waals surface area contributed by atoms with Crippen LogP contribution < -0.4 is 11.1 Å². The number of aryl methyl sites for hydroxylation is 2. The Labute approximate surface area is 113 Å². The normalized spacial score (nSPS) is 18.3. The smallest absolute Gasteiger partial charge is 0.239 e. The molecule has 1 aromatic rings. The molecule has 0 spiro atoms. The molecule has 106 valence electrons. The van der Waals surface area contributed by atoms with Gasteiger partial charge in [0, 0.05) is 18.9 Å². The molecule has 1 unspecified atom stereocenters. The molecule has 6 nitrogen and oxygen atoms in total. The second-order valence-electron chi connectivity index (χ2n) is 5.42. The maximum Gasteiger partial charge on any atom is 0.239 e. The van der Waals surface area contributed by atoms with Crippen LogP contribution in [0.1, 0.15) is 45.3 Å². The lowest BCUT2D eigenvalue weighted by Crippen LogP contribution is -2.57.